The topological polar surface area (TPSA) is 69.4 Å². The molecule has 2 N–H and O–H groups in total. The molecule has 4 nitrogen and oxygen atoms in total. The first kappa shape index (κ1) is 15.1. The van der Waals surface area contributed by atoms with E-state index in [1.165, 1.54) is 19.1 Å². The summed E-state index contributed by atoms with van der Waals surface area (Å²) in [6.45, 7) is 3.33. The Morgan fingerprint density at radius 1 is 1.32 bits per heavy atom. The average Bonchev–Trinajstić information content (AvgIpc) is 2.37. The van der Waals surface area contributed by atoms with Crippen LogP contribution in [-0.2, 0) is 20.7 Å². The van der Waals surface area contributed by atoms with E-state index in [1.54, 1.807) is 19.1 Å². The Morgan fingerprint density at radius 2 is 1.89 bits per heavy atom. The number of aryl methyl sites for hydroxylation is 1. The van der Waals surface area contributed by atoms with Crippen molar-refractivity contribution in [3.8, 4) is 0 Å². The van der Waals surface area contributed by atoms with E-state index in [4.69, 9.17) is 10.5 Å². The van der Waals surface area contributed by atoms with Gasteiger partial charge >= 0.3 is 5.97 Å². The third kappa shape index (κ3) is 3.77. The van der Waals surface area contributed by atoms with Crippen LogP contribution in [0.25, 0.3) is 0 Å². The van der Waals surface area contributed by atoms with Gasteiger partial charge in [-0.2, -0.15) is 0 Å². The molecule has 0 aliphatic heterocycles. The number of hydrogen-bond acceptors (Lipinski definition) is 3. The van der Waals surface area contributed by atoms with E-state index >= 15 is 0 Å². The summed E-state index contributed by atoms with van der Waals surface area (Å²) in [6.07, 6.45) is 0.672. The molecule has 1 rings (SSSR count). The van der Waals surface area contributed by atoms with Crippen molar-refractivity contribution in [3.05, 3.63) is 35.6 Å². The zero-order valence-corrected chi connectivity index (χ0v) is 11.1. The fraction of sp³-hybridized carbons (Fsp3) is 0.429. The Morgan fingerprint density at radius 3 is 2.37 bits per heavy atom. The molecule has 1 aromatic carbocycles. The zero-order chi connectivity index (χ0) is 14.5. The highest BCUT2D eigenvalue weighted by atomic mass is 19.1. The molecule has 0 aromatic heterocycles. The fourth-order valence-corrected chi connectivity index (χ4v) is 1.66. The molecule has 0 aliphatic rings. The molecule has 19 heavy (non-hydrogen) atoms. The predicted octanol–water partition coefficient (Wildman–Crippen LogP) is 1.81. The molecule has 1 aromatic rings. The van der Waals surface area contributed by atoms with Crippen molar-refractivity contribution in [2.24, 2.45) is 11.1 Å². The van der Waals surface area contributed by atoms with Crippen molar-refractivity contribution >= 4 is 11.9 Å². The minimum absolute atomic E-state index is 0.193. The molecule has 5 heteroatoms. The summed E-state index contributed by atoms with van der Waals surface area (Å²) < 4.78 is 17.6. The number of primary amides is 1. The number of amides is 1. The lowest BCUT2D eigenvalue weighted by Crippen LogP contribution is -2.43. The molecule has 0 spiro atoms. The van der Waals surface area contributed by atoms with Gasteiger partial charge in [-0.1, -0.05) is 12.1 Å². The van der Waals surface area contributed by atoms with Gasteiger partial charge in [0.25, 0.3) is 0 Å². The quantitative estimate of drug-likeness (QED) is 0.631. The summed E-state index contributed by atoms with van der Waals surface area (Å²) in [6, 6.07) is 5.90. The lowest BCUT2D eigenvalue weighted by atomic mass is 9.83. The molecule has 0 bridgehead atoms. The van der Waals surface area contributed by atoms with Crippen LogP contribution in [0, 0.1) is 11.2 Å². The van der Waals surface area contributed by atoms with Gasteiger partial charge in [0.1, 0.15) is 11.2 Å². The van der Waals surface area contributed by atoms with Crippen LogP contribution in [0.3, 0.4) is 0 Å². The molecule has 0 heterocycles. The maximum Gasteiger partial charge on any atom is 0.321 e. The van der Waals surface area contributed by atoms with Crippen LogP contribution in [0.2, 0.25) is 0 Å². The molecule has 104 valence electrons. The van der Waals surface area contributed by atoms with Crippen LogP contribution >= 0.6 is 0 Å². The second-order valence-electron chi connectivity index (χ2n) is 4.54. The lowest BCUT2D eigenvalue weighted by molar-refractivity contribution is -0.159. The van der Waals surface area contributed by atoms with Crippen LogP contribution in [-0.4, -0.2) is 18.5 Å². The summed E-state index contributed by atoms with van der Waals surface area (Å²) in [5, 5.41) is 0. The maximum atomic E-state index is 12.8. The number of nitrogens with two attached hydrogens (primary N) is 1. The summed E-state index contributed by atoms with van der Waals surface area (Å²) >= 11 is 0. The van der Waals surface area contributed by atoms with E-state index in [-0.39, 0.29) is 18.8 Å². The second-order valence-corrected chi connectivity index (χ2v) is 4.54. The molecule has 0 fully saturated rings. The van der Waals surface area contributed by atoms with Gasteiger partial charge in [-0.3, -0.25) is 9.59 Å². The van der Waals surface area contributed by atoms with Gasteiger partial charge in [-0.25, -0.2) is 4.39 Å². The monoisotopic (exact) mass is 267 g/mol. The van der Waals surface area contributed by atoms with Crippen LogP contribution < -0.4 is 5.73 Å². The summed E-state index contributed by atoms with van der Waals surface area (Å²) in [5.74, 6) is -1.66. The number of ether oxygens (including phenoxy) is 1. The number of esters is 1. The number of halogens is 1. The Balaban J connectivity index is 2.77. The standard InChI is InChI=1S/C14H18FNO3/c1-3-19-13(18)14(2,12(16)17)9-8-10-4-6-11(15)7-5-10/h4-7H,3,8-9H2,1-2H3,(H2,16,17). The van der Waals surface area contributed by atoms with Gasteiger partial charge in [-0.15, -0.1) is 0 Å². The minimum atomic E-state index is -1.36. The van der Waals surface area contributed by atoms with Crippen molar-refractivity contribution in [1.29, 1.82) is 0 Å². The van der Waals surface area contributed by atoms with Crippen molar-refractivity contribution in [2.75, 3.05) is 6.61 Å². The molecule has 1 amide bonds. The van der Waals surface area contributed by atoms with Crippen molar-refractivity contribution in [1.82, 2.24) is 0 Å². The fourth-order valence-electron chi connectivity index (χ4n) is 1.66. The van der Waals surface area contributed by atoms with Crippen molar-refractivity contribution in [3.63, 3.8) is 0 Å². The zero-order valence-electron chi connectivity index (χ0n) is 11.1. The molecule has 0 saturated carbocycles. The highest BCUT2D eigenvalue weighted by Gasteiger charge is 2.40. The second kappa shape index (κ2) is 6.31. The third-order valence-corrected chi connectivity index (χ3v) is 3.10. The molecule has 0 saturated heterocycles. The Hall–Kier alpha value is -1.91. The Bertz CT molecular complexity index is 458. The van der Waals surface area contributed by atoms with E-state index in [1.807, 2.05) is 0 Å². The van der Waals surface area contributed by atoms with Crippen LogP contribution in [0.4, 0.5) is 4.39 Å². The average molecular weight is 267 g/mol. The highest BCUT2D eigenvalue weighted by molar-refractivity contribution is 6.01. The van der Waals surface area contributed by atoms with Gasteiger partial charge in [-0.05, 0) is 44.4 Å². The Labute approximate surface area is 111 Å². The van der Waals surface area contributed by atoms with Crippen LogP contribution in [0.5, 0.6) is 0 Å². The van der Waals surface area contributed by atoms with E-state index in [2.05, 4.69) is 0 Å². The molecule has 1 unspecified atom stereocenters. The predicted molar refractivity (Wildman–Crippen MR) is 68.7 cm³/mol. The number of carbonyl (C=O) groups excluding carboxylic acids is 2. The van der Waals surface area contributed by atoms with Gasteiger partial charge in [0.05, 0.1) is 6.61 Å². The SMILES string of the molecule is CCOC(=O)C(C)(CCc1ccc(F)cc1)C(N)=O. The van der Waals surface area contributed by atoms with Crippen LogP contribution in [0.15, 0.2) is 24.3 Å². The van der Waals surface area contributed by atoms with Crippen LogP contribution in [0.1, 0.15) is 25.8 Å². The minimum Gasteiger partial charge on any atom is -0.465 e. The first-order valence-corrected chi connectivity index (χ1v) is 6.11. The molecular weight excluding hydrogens is 249 g/mol. The van der Waals surface area contributed by atoms with Gasteiger partial charge in [0.15, 0.2) is 0 Å². The first-order valence-electron chi connectivity index (χ1n) is 6.11. The summed E-state index contributed by atoms with van der Waals surface area (Å²) in [5.41, 5.74) is 4.77. The third-order valence-electron chi connectivity index (χ3n) is 3.10. The lowest BCUT2D eigenvalue weighted by Gasteiger charge is -2.23. The molecule has 0 aliphatic carbocycles. The number of benzene rings is 1. The molecule has 1 atom stereocenters. The van der Waals surface area contributed by atoms with E-state index < -0.39 is 17.3 Å². The molecular formula is C14H18FNO3. The number of hydrogen-bond donors (Lipinski definition) is 1. The first-order chi connectivity index (χ1) is 8.90. The summed E-state index contributed by atoms with van der Waals surface area (Å²) in [7, 11) is 0. The smallest absolute Gasteiger partial charge is 0.321 e. The Kier molecular flexibility index (Phi) is 5.03. The van der Waals surface area contributed by atoms with Crippen molar-refractivity contribution in [2.45, 2.75) is 26.7 Å². The summed E-state index contributed by atoms with van der Waals surface area (Å²) in [4.78, 5) is 23.3. The van der Waals surface area contributed by atoms with Crippen molar-refractivity contribution < 1.29 is 18.7 Å². The van der Waals surface area contributed by atoms with E-state index in [0.717, 1.165) is 5.56 Å². The van der Waals surface area contributed by atoms with Gasteiger partial charge in [0, 0.05) is 0 Å². The van der Waals surface area contributed by atoms with Gasteiger partial charge < -0.3 is 10.5 Å². The maximum absolute atomic E-state index is 12.8. The highest BCUT2D eigenvalue weighted by Crippen LogP contribution is 2.25. The number of carbonyl (C=O) groups is 2. The van der Waals surface area contributed by atoms with E-state index in [9.17, 15) is 14.0 Å². The normalized spacial score (nSPS) is 13.6. The largest absolute Gasteiger partial charge is 0.465 e. The van der Waals surface area contributed by atoms with E-state index in [0.29, 0.717) is 6.42 Å². The molecule has 0 radical (unpaired) electrons. The van der Waals surface area contributed by atoms with Gasteiger partial charge in [0.2, 0.25) is 5.91 Å². The number of rotatable bonds is 6.